The van der Waals surface area contributed by atoms with Gasteiger partial charge in [0.05, 0.1) is 11.3 Å². The molecular formula is C25H22N2O2S. The molecule has 1 aliphatic rings. The molecule has 0 spiro atoms. The Morgan fingerprint density at radius 1 is 0.800 bits per heavy atom. The van der Waals surface area contributed by atoms with Crippen LogP contribution >= 0.6 is 12.2 Å². The monoisotopic (exact) mass is 414 g/mol. The maximum atomic E-state index is 13.1. The topological polar surface area (TPSA) is 58.2 Å². The van der Waals surface area contributed by atoms with Gasteiger partial charge in [-0.3, -0.25) is 9.59 Å². The lowest BCUT2D eigenvalue weighted by atomic mass is 9.83. The summed E-state index contributed by atoms with van der Waals surface area (Å²) in [6.07, 6.45) is 3.40. The van der Waals surface area contributed by atoms with Gasteiger partial charge in [-0.2, -0.15) is 0 Å². The number of benzene rings is 3. The van der Waals surface area contributed by atoms with Crippen LogP contribution in [0.4, 0.5) is 11.4 Å². The van der Waals surface area contributed by atoms with Crippen LogP contribution in [-0.2, 0) is 6.42 Å². The van der Waals surface area contributed by atoms with E-state index in [0.717, 1.165) is 12.1 Å². The smallest absolute Gasteiger partial charge is 0.196 e. The van der Waals surface area contributed by atoms with E-state index in [1.54, 1.807) is 42.5 Å². The quantitative estimate of drug-likeness (QED) is 0.416. The Morgan fingerprint density at radius 2 is 1.47 bits per heavy atom. The molecule has 2 N–H and O–H groups in total. The van der Waals surface area contributed by atoms with Crippen LogP contribution < -0.4 is 10.6 Å². The molecule has 0 atom stereocenters. The van der Waals surface area contributed by atoms with E-state index in [2.05, 4.69) is 29.7 Å². The molecule has 3 aromatic carbocycles. The van der Waals surface area contributed by atoms with Crippen molar-refractivity contribution in [1.29, 1.82) is 0 Å². The van der Waals surface area contributed by atoms with Gasteiger partial charge in [0.15, 0.2) is 16.7 Å². The number of rotatable bonds is 5. The van der Waals surface area contributed by atoms with Crippen LogP contribution in [0.15, 0.2) is 66.7 Å². The van der Waals surface area contributed by atoms with E-state index in [1.807, 2.05) is 12.1 Å². The van der Waals surface area contributed by atoms with Crippen LogP contribution in [0.1, 0.15) is 57.2 Å². The third-order valence-corrected chi connectivity index (χ3v) is 5.44. The number of fused-ring (bicyclic) bond motifs is 2. The predicted octanol–water partition coefficient (Wildman–Crippen LogP) is 5.61. The fourth-order valence-corrected chi connectivity index (χ4v) is 3.90. The lowest BCUT2D eigenvalue weighted by Gasteiger charge is -2.21. The summed E-state index contributed by atoms with van der Waals surface area (Å²) in [5, 5.41) is 6.61. The molecule has 1 aliphatic carbocycles. The van der Waals surface area contributed by atoms with Crippen molar-refractivity contribution in [2.24, 2.45) is 0 Å². The summed E-state index contributed by atoms with van der Waals surface area (Å²) in [6.45, 7) is 2.18. The van der Waals surface area contributed by atoms with Gasteiger partial charge < -0.3 is 10.6 Å². The number of thiocarbonyl (C=S) groups is 1. The zero-order chi connectivity index (χ0) is 21.1. The summed E-state index contributed by atoms with van der Waals surface area (Å²) < 4.78 is 0. The fraction of sp³-hybridized carbons (Fsp3) is 0.160. The van der Waals surface area contributed by atoms with Gasteiger partial charge in [0.1, 0.15) is 0 Å². The van der Waals surface area contributed by atoms with Gasteiger partial charge in [0.2, 0.25) is 0 Å². The number of carbonyl (C=O) groups is 2. The number of anilines is 2. The maximum Gasteiger partial charge on any atom is 0.196 e. The largest absolute Gasteiger partial charge is 0.332 e. The van der Waals surface area contributed by atoms with Gasteiger partial charge in [-0.05, 0) is 48.8 Å². The average Bonchev–Trinajstić information content (AvgIpc) is 2.77. The second kappa shape index (κ2) is 8.59. The molecule has 0 bridgehead atoms. The Balaban J connectivity index is 1.54. The molecule has 3 aromatic rings. The van der Waals surface area contributed by atoms with Crippen LogP contribution in [0.25, 0.3) is 0 Å². The van der Waals surface area contributed by atoms with E-state index in [1.165, 1.54) is 18.4 Å². The maximum absolute atomic E-state index is 13.1. The minimum absolute atomic E-state index is 0.148. The minimum atomic E-state index is -0.175. The predicted molar refractivity (Wildman–Crippen MR) is 125 cm³/mol. The van der Waals surface area contributed by atoms with E-state index in [0.29, 0.717) is 33.1 Å². The van der Waals surface area contributed by atoms with Crippen LogP contribution in [-0.4, -0.2) is 16.7 Å². The Hall–Kier alpha value is -3.31. The average molecular weight is 415 g/mol. The number of aryl methyl sites for hydroxylation is 1. The van der Waals surface area contributed by atoms with Gasteiger partial charge in [-0.25, -0.2) is 0 Å². The number of hydrogen-bond acceptors (Lipinski definition) is 3. The van der Waals surface area contributed by atoms with E-state index in [4.69, 9.17) is 12.2 Å². The standard InChI is InChI=1S/C25H22N2O2S/c1-2-3-7-16-12-14-17(15-13-16)26-25(30)27-21-11-6-10-20-22(21)24(29)19-9-5-4-8-18(19)23(20)28/h4-6,8-15H,2-3,7H2,1H3,(H2,26,27,30). The van der Waals surface area contributed by atoms with Crippen molar-refractivity contribution < 1.29 is 9.59 Å². The summed E-state index contributed by atoms with van der Waals surface area (Å²) in [5.74, 6) is -0.322. The van der Waals surface area contributed by atoms with Crippen LogP contribution in [0, 0.1) is 0 Å². The molecule has 0 radical (unpaired) electrons. The summed E-state index contributed by atoms with van der Waals surface area (Å²) in [6, 6.07) is 20.3. The molecule has 0 saturated heterocycles. The molecule has 0 amide bonds. The first kappa shape index (κ1) is 20.0. The van der Waals surface area contributed by atoms with Crippen molar-refractivity contribution in [1.82, 2.24) is 0 Å². The fourth-order valence-electron chi connectivity index (χ4n) is 3.67. The molecule has 0 aromatic heterocycles. The molecule has 150 valence electrons. The zero-order valence-corrected chi connectivity index (χ0v) is 17.5. The number of ketones is 2. The van der Waals surface area contributed by atoms with Gasteiger partial charge >= 0.3 is 0 Å². The first-order valence-corrected chi connectivity index (χ1v) is 10.5. The number of hydrogen-bond donors (Lipinski definition) is 2. The van der Waals surface area contributed by atoms with Gasteiger partial charge in [0.25, 0.3) is 0 Å². The van der Waals surface area contributed by atoms with Gasteiger partial charge in [0, 0.05) is 22.4 Å². The van der Waals surface area contributed by atoms with Crippen molar-refractivity contribution in [2.45, 2.75) is 26.2 Å². The lowest BCUT2D eigenvalue weighted by molar-refractivity contribution is 0.0979. The van der Waals surface area contributed by atoms with E-state index < -0.39 is 0 Å². The second-order valence-electron chi connectivity index (χ2n) is 7.31. The van der Waals surface area contributed by atoms with Crippen LogP contribution in [0.3, 0.4) is 0 Å². The molecule has 0 fully saturated rings. The molecule has 0 aliphatic heterocycles. The van der Waals surface area contributed by atoms with Gasteiger partial charge in [-0.15, -0.1) is 0 Å². The highest BCUT2D eigenvalue weighted by atomic mass is 32.1. The Labute approximate surface area is 181 Å². The second-order valence-corrected chi connectivity index (χ2v) is 7.72. The van der Waals surface area contributed by atoms with Gasteiger partial charge in [-0.1, -0.05) is 61.9 Å². The Kier molecular flexibility index (Phi) is 5.72. The lowest BCUT2D eigenvalue weighted by Crippen LogP contribution is -2.25. The first-order valence-electron chi connectivity index (χ1n) is 10.1. The molecule has 0 heterocycles. The van der Waals surface area contributed by atoms with Crippen LogP contribution in [0.5, 0.6) is 0 Å². The summed E-state index contributed by atoms with van der Waals surface area (Å²) >= 11 is 5.45. The highest BCUT2D eigenvalue weighted by Crippen LogP contribution is 2.32. The zero-order valence-electron chi connectivity index (χ0n) is 16.7. The van der Waals surface area contributed by atoms with Crippen LogP contribution in [0.2, 0.25) is 0 Å². The molecule has 0 unspecified atom stereocenters. The number of unbranched alkanes of at least 4 members (excludes halogenated alkanes) is 1. The highest BCUT2D eigenvalue weighted by molar-refractivity contribution is 7.80. The van der Waals surface area contributed by atoms with E-state index in [-0.39, 0.29) is 11.6 Å². The third kappa shape index (κ3) is 3.89. The van der Waals surface area contributed by atoms with Crippen molar-refractivity contribution in [3.05, 3.63) is 94.5 Å². The minimum Gasteiger partial charge on any atom is -0.332 e. The van der Waals surface area contributed by atoms with Crippen molar-refractivity contribution in [3.63, 3.8) is 0 Å². The molecule has 30 heavy (non-hydrogen) atoms. The third-order valence-electron chi connectivity index (χ3n) is 5.23. The molecule has 5 heteroatoms. The highest BCUT2D eigenvalue weighted by Gasteiger charge is 2.31. The Morgan fingerprint density at radius 3 is 2.17 bits per heavy atom. The number of nitrogens with one attached hydrogen (secondary N) is 2. The van der Waals surface area contributed by atoms with Crippen molar-refractivity contribution in [3.8, 4) is 0 Å². The van der Waals surface area contributed by atoms with Crippen molar-refractivity contribution >= 4 is 40.3 Å². The van der Waals surface area contributed by atoms with E-state index >= 15 is 0 Å². The Bertz CT molecular complexity index is 1140. The summed E-state index contributed by atoms with van der Waals surface area (Å²) in [7, 11) is 0. The van der Waals surface area contributed by atoms with Crippen molar-refractivity contribution in [2.75, 3.05) is 10.6 Å². The van der Waals surface area contributed by atoms with E-state index in [9.17, 15) is 9.59 Å². The SMILES string of the molecule is CCCCc1ccc(NC(=S)Nc2cccc3c2C(=O)c2ccccc2C3=O)cc1. The normalized spacial score (nSPS) is 12.2. The molecule has 0 saturated carbocycles. The number of carbonyl (C=O) groups excluding carboxylic acids is 2. The molecular weight excluding hydrogens is 392 g/mol. The first-order chi connectivity index (χ1) is 14.6. The molecule has 4 rings (SSSR count). The molecule has 4 nitrogen and oxygen atoms in total. The summed E-state index contributed by atoms with van der Waals surface area (Å²) in [5.41, 5.74) is 4.30. The summed E-state index contributed by atoms with van der Waals surface area (Å²) in [4.78, 5) is 25.9.